The third-order valence-corrected chi connectivity index (χ3v) is 5.99. The van der Waals surface area contributed by atoms with Gasteiger partial charge in [-0.25, -0.2) is 9.40 Å². The third kappa shape index (κ3) is 5.66. The van der Waals surface area contributed by atoms with Gasteiger partial charge in [0.05, 0.1) is 25.2 Å². The van der Waals surface area contributed by atoms with Gasteiger partial charge in [-0.05, 0) is 29.8 Å². The van der Waals surface area contributed by atoms with Gasteiger partial charge >= 0.3 is 0 Å². The predicted octanol–water partition coefficient (Wildman–Crippen LogP) is 2.67. The molecule has 3 heterocycles. The molecule has 0 saturated carbocycles. The first-order chi connectivity index (χ1) is 16.0. The normalized spacial score (nSPS) is 18.9. The van der Waals surface area contributed by atoms with Crippen molar-refractivity contribution in [3.05, 3.63) is 59.8 Å². The number of carbonyl (C=O) groups excluding carboxylic acids is 2. The van der Waals surface area contributed by atoms with E-state index in [2.05, 4.69) is 10.0 Å². The molecule has 4 rings (SSSR count). The molecular weight excluding hydrogens is 427 g/mol. The van der Waals surface area contributed by atoms with Crippen LogP contribution in [0.4, 0.5) is 4.39 Å². The van der Waals surface area contributed by atoms with Crippen LogP contribution in [0.1, 0.15) is 37.1 Å². The summed E-state index contributed by atoms with van der Waals surface area (Å²) in [5, 5.41) is 5.97. The fourth-order valence-electron chi connectivity index (χ4n) is 4.10. The van der Waals surface area contributed by atoms with Gasteiger partial charge in [-0.1, -0.05) is 19.1 Å². The fourth-order valence-corrected chi connectivity index (χ4v) is 4.10. The van der Waals surface area contributed by atoms with Crippen molar-refractivity contribution in [2.45, 2.75) is 25.8 Å². The molecule has 1 saturated heterocycles. The van der Waals surface area contributed by atoms with Crippen LogP contribution in [0.15, 0.2) is 52.2 Å². The van der Waals surface area contributed by atoms with E-state index in [0.29, 0.717) is 50.6 Å². The molecule has 9 heteroatoms. The minimum Gasteiger partial charge on any atom is -0.467 e. The molecule has 176 valence electrons. The molecule has 2 aliphatic heterocycles. The third-order valence-electron chi connectivity index (χ3n) is 5.99. The van der Waals surface area contributed by atoms with Crippen LogP contribution in [0.3, 0.4) is 0 Å². The summed E-state index contributed by atoms with van der Waals surface area (Å²) in [4.78, 5) is 29.8. The van der Waals surface area contributed by atoms with Gasteiger partial charge in [0, 0.05) is 39.0 Å². The summed E-state index contributed by atoms with van der Waals surface area (Å²) < 4.78 is 24.3. The van der Waals surface area contributed by atoms with Gasteiger partial charge in [-0.15, -0.1) is 0 Å². The van der Waals surface area contributed by atoms with Crippen molar-refractivity contribution in [3.63, 3.8) is 0 Å². The smallest absolute Gasteiger partial charge is 0.262 e. The van der Waals surface area contributed by atoms with Gasteiger partial charge in [0.2, 0.25) is 5.91 Å². The first-order valence-corrected chi connectivity index (χ1v) is 11.3. The lowest BCUT2D eigenvalue weighted by atomic mass is 10.0. The minimum absolute atomic E-state index is 0.0611. The van der Waals surface area contributed by atoms with Gasteiger partial charge in [0.25, 0.3) is 5.91 Å². The van der Waals surface area contributed by atoms with Crippen LogP contribution in [0, 0.1) is 5.82 Å². The molecule has 1 aromatic carbocycles. The Balaban J connectivity index is 1.50. The second-order valence-corrected chi connectivity index (χ2v) is 8.15. The molecule has 0 aliphatic carbocycles. The lowest BCUT2D eigenvalue weighted by Gasteiger charge is -2.30. The number of ether oxygens (including phenoxy) is 1. The van der Waals surface area contributed by atoms with Crippen molar-refractivity contribution in [3.8, 4) is 0 Å². The zero-order valence-electron chi connectivity index (χ0n) is 18.8. The minimum atomic E-state index is -0.412. The lowest BCUT2D eigenvalue weighted by Crippen LogP contribution is -2.46. The Bertz CT molecular complexity index is 971. The van der Waals surface area contributed by atoms with Crippen molar-refractivity contribution >= 4 is 17.5 Å². The van der Waals surface area contributed by atoms with Crippen LogP contribution in [0.5, 0.6) is 0 Å². The predicted molar refractivity (Wildman–Crippen MR) is 120 cm³/mol. The number of hydrogen-bond acceptors (Lipinski definition) is 6. The molecular formula is C24H29FN4O4. The summed E-state index contributed by atoms with van der Waals surface area (Å²) >= 11 is 0. The summed E-state index contributed by atoms with van der Waals surface area (Å²) in [6.45, 7) is 5.88. The molecule has 33 heavy (non-hydrogen) atoms. The van der Waals surface area contributed by atoms with Crippen molar-refractivity contribution in [2.75, 3.05) is 45.9 Å². The molecule has 0 bridgehead atoms. The molecule has 1 aromatic heterocycles. The number of furan rings is 1. The quantitative estimate of drug-likeness (QED) is 0.610. The number of rotatable bonds is 8. The number of hydrazone groups is 1. The summed E-state index contributed by atoms with van der Waals surface area (Å²) in [6.07, 6.45) is 2.33. The van der Waals surface area contributed by atoms with Crippen LogP contribution in [0.25, 0.3) is 0 Å². The van der Waals surface area contributed by atoms with Crippen molar-refractivity contribution in [1.29, 1.82) is 0 Å². The Morgan fingerprint density at radius 1 is 1.18 bits per heavy atom. The molecule has 1 unspecified atom stereocenters. The number of hydrogen-bond donors (Lipinski definition) is 0. The lowest BCUT2D eigenvalue weighted by molar-refractivity contribution is -0.142. The van der Waals surface area contributed by atoms with E-state index in [4.69, 9.17) is 9.15 Å². The number of amides is 2. The largest absolute Gasteiger partial charge is 0.467 e. The first-order valence-electron chi connectivity index (χ1n) is 11.3. The average Bonchev–Trinajstić information content (AvgIpc) is 3.52. The second kappa shape index (κ2) is 10.7. The van der Waals surface area contributed by atoms with Gasteiger partial charge in [0.15, 0.2) is 0 Å². The number of carbonyl (C=O) groups is 2. The van der Waals surface area contributed by atoms with E-state index in [0.717, 1.165) is 18.7 Å². The Labute approximate surface area is 192 Å². The number of benzene rings is 1. The monoisotopic (exact) mass is 456 g/mol. The van der Waals surface area contributed by atoms with Gasteiger partial charge < -0.3 is 14.1 Å². The highest BCUT2D eigenvalue weighted by molar-refractivity contribution is 6.03. The van der Waals surface area contributed by atoms with Crippen molar-refractivity contribution in [1.82, 2.24) is 14.8 Å². The highest BCUT2D eigenvalue weighted by Crippen LogP contribution is 2.33. The molecule has 0 N–H and O–H groups in total. The summed E-state index contributed by atoms with van der Waals surface area (Å²) in [7, 11) is 0. The Morgan fingerprint density at radius 3 is 2.61 bits per heavy atom. The highest BCUT2D eigenvalue weighted by Gasteiger charge is 2.35. The van der Waals surface area contributed by atoms with E-state index in [1.807, 2.05) is 6.07 Å². The van der Waals surface area contributed by atoms with E-state index < -0.39 is 6.04 Å². The standard InChI is InChI=1S/C24H29FN4O4/c1-2-23(30)28(10-9-27-11-14-32-15-12-27)17-24(31)29-21(22-4-3-13-33-22)16-20(26-29)18-5-7-19(25)8-6-18/h3-8,13,21H,2,9-12,14-17H2,1H3. The van der Waals surface area contributed by atoms with Crippen LogP contribution in [-0.2, 0) is 14.3 Å². The Kier molecular flexibility index (Phi) is 7.51. The Morgan fingerprint density at radius 2 is 1.94 bits per heavy atom. The molecule has 2 amide bonds. The maximum absolute atomic E-state index is 13.4. The first kappa shape index (κ1) is 23.1. The Hall–Kier alpha value is -3.04. The van der Waals surface area contributed by atoms with Crippen LogP contribution in [-0.4, -0.2) is 78.3 Å². The number of morpholine rings is 1. The summed E-state index contributed by atoms with van der Waals surface area (Å²) in [6, 6.07) is 9.21. The van der Waals surface area contributed by atoms with E-state index in [1.165, 1.54) is 17.1 Å². The number of nitrogens with zero attached hydrogens (tertiary/aromatic N) is 4. The zero-order chi connectivity index (χ0) is 23.2. The summed E-state index contributed by atoms with van der Waals surface area (Å²) in [5.41, 5.74) is 1.42. The molecule has 0 radical (unpaired) electrons. The van der Waals surface area contributed by atoms with E-state index >= 15 is 0 Å². The highest BCUT2D eigenvalue weighted by atomic mass is 19.1. The topological polar surface area (TPSA) is 78.6 Å². The molecule has 2 aromatic rings. The zero-order valence-corrected chi connectivity index (χ0v) is 18.8. The SMILES string of the molecule is CCC(=O)N(CCN1CCOCC1)CC(=O)N1N=C(c2ccc(F)cc2)CC1c1ccco1. The van der Waals surface area contributed by atoms with E-state index in [-0.39, 0.29) is 24.2 Å². The second-order valence-electron chi connectivity index (χ2n) is 8.15. The molecule has 2 aliphatic rings. The van der Waals surface area contributed by atoms with Crippen molar-refractivity contribution in [2.24, 2.45) is 5.10 Å². The van der Waals surface area contributed by atoms with Crippen LogP contribution in [0.2, 0.25) is 0 Å². The fraction of sp³-hybridized carbons (Fsp3) is 0.458. The van der Waals surface area contributed by atoms with Crippen LogP contribution >= 0.6 is 0 Å². The maximum Gasteiger partial charge on any atom is 0.262 e. The van der Waals surface area contributed by atoms with Crippen molar-refractivity contribution < 1.29 is 23.1 Å². The molecule has 0 spiro atoms. The molecule has 1 atom stereocenters. The maximum atomic E-state index is 13.4. The van der Waals surface area contributed by atoms with E-state index in [1.54, 1.807) is 36.3 Å². The van der Waals surface area contributed by atoms with Gasteiger partial charge in [0.1, 0.15) is 24.2 Å². The van der Waals surface area contributed by atoms with Gasteiger partial charge in [-0.3, -0.25) is 14.5 Å². The molecule has 1 fully saturated rings. The summed E-state index contributed by atoms with van der Waals surface area (Å²) in [5.74, 6) is -0.0712. The van der Waals surface area contributed by atoms with E-state index in [9.17, 15) is 14.0 Å². The average molecular weight is 457 g/mol. The number of halogens is 1. The van der Waals surface area contributed by atoms with Gasteiger partial charge in [-0.2, -0.15) is 5.10 Å². The molecule has 8 nitrogen and oxygen atoms in total. The van der Waals surface area contributed by atoms with Crippen LogP contribution < -0.4 is 0 Å².